The first-order valence-corrected chi connectivity index (χ1v) is 10.5. The molecule has 0 bridgehead atoms. The molecular weight excluding hydrogens is 384 g/mol. The highest BCUT2D eigenvalue weighted by atomic mass is 32.2. The van der Waals surface area contributed by atoms with Crippen molar-refractivity contribution in [1.82, 2.24) is 19.7 Å². The molecule has 3 rings (SSSR count). The fraction of sp³-hybridized carbons (Fsp3) is 0.389. The van der Waals surface area contributed by atoms with Gasteiger partial charge in [-0.05, 0) is 18.6 Å². The molecule has 0 saturated carbocycles. The second-order valence-electron chi connectivity index (χ2n) is 5.79. The molecule has 3 aromatic rings. The van der Waals surface area contributed by atoms with E-state index >= 15 is 0 Å². The average Bonchev–Trinajstić information content (AvgIpc) is 3.30. The number of ether oxygens (including phenoxy) is 2. The largest absolute Gasteiger partial charge is 0.493 e. The van der Waals surface area contributed by atoms with Crippen LogP contribution in [0, 0.1) is 0 Å². The van der Waals surface area contributed by atoms with Crippen LogP contribution in [0.4, 0.5) is 0 Å². The van der Waals surface area contributed by atoms with Gasteiger partial charge in [0, 0.05) is 17.7 Å². The number of aromatic amines is 1. The van der Waals surface area contributed by atoms with E-state index in [0.29, 0.717) is 29.0 Å². The highest BCUT2D eigenvalue weighted by Gasteiger charge is 2.15. The zero-order chi connectivity index (χ0) is 19.2. The number of aromatic nitrogens is 4. The number of rotatable bonds is 9. The summed E-state index contributed by atoms with van der Waals surface area (Å²) >= 11 is 3.06. The molecule has 0 aliphatic heterocycles. The number of H-pyrrole nitrogens is 1. The molecule has 0 fully saturated rings. The van der Waals surface area contributed by atoms with Crippen LogP contribution in [0.1, 0.15) is 25.5 Å². The van der Waals surface area contributed by atoms with Gasteiger partial charge in [0.15, 0.2) is 16.7 Å². The fourth-order valence-electron chi connectivity index (χ4n) is 2.62. The predicted molar refractivity (Wildman–Crippen MR) is 108 cm³/mol. The summed E-state index contributed by atoms with van der Waals surface area (Å²) in [4.78, 5) is 16.6. The van der Waals surface area contributed by atoms with E-state index in [1.54, 1.807) is 30.1 Å². The molecule has 144 valence electrons. The molecule has 0 unspecified atom stereocenters. The van der Waals surface area contributed by atoms with Crippen LogP contribution in [0.3, 0.4) is 0 Å². The maximum absolute atomic E-state index is 11.9. The van der Waals surface area contributed by atoms with Crippen molar-refractivity contribution in [3.63, 3.8) is 0 Å². The molecule has 7 nitrogen and oxygen atoms in total. The molecule has 2 heterocycles. The Bertz CT molecular complexity index is 948. The van der Waals surface area contributed by atoms with E-state index in [0.717, 1.165) is 29.1 Å². The summed E-state index contributed by atoms with van der Waals surface area (Å²) < 4.78 is 12.5. The number of hydrogen-bond acceptors (Lipinski definition) is 7. The monoisotopic (exact) mass is 406 g/mol. The molecule has 2 aromatic heterocycles. The topological polar surface area (TPSA) is 82.0 Å². The number of thioether (sulfide) groups is 1. The molecule has 9 heteroatoms. The first-order valence-electron chi connectivity index (χ1n) is 8.61. The lowest BCUT2D eigenvalue weighted by Gasteiger charge is -2.10. The van der Waals surface area contributed by atoms with Gasteiger partial charge in [-0.3, -0.25) is 4.57 Å². The maximum Gasteiger partial charge on any atom is 0.343 e. The number of benzene rings is 1. The smallest absolute Gasteiger partial charge is 0.343 e. The number of thiazole rings is 1. The first-order chi connectivity index (χ1) is 13.2. The third-order valence-electron chi connectivity index (χ3n) is 3.99. The lowest BCUT2D eigenvalue weighted by Crippen LogP contribution is -2.17. The van der Waals surface area contributed by atoms with Crippen molar-refractivity contribution in [3.8, 4) is 22.1 Å². The molecule has 1 aromatic carbocycles. The van der Waals surface area contributed by atoms with Crippen molar-refractivity contribution in [3.05, 3.63) is 39.8 Å². The summed E-state index contributed by atoms with van der Waals surface area (Å²) in [5, 5.41) is 10.2. The van der Waals surface area contributed by atoms with Crippen LogP contribution >= 0.6 is 23.1 Å². The zero-order valence-corrected chi connectivity index (χ0v) is 17.2. The molecule has 0 aliphatic carbocycles. The summed E-state index contributed by atoms with van der Waals surface area (Å²) in [5.74, 6) is 1.99. The lowest BCUT2D eigenvalue weighted by molar-refractivity contribution is 0.356. The van der Waals surface area contributed by atoms with Crippen molar-refractivity contribution in [2.45, 2.75) is 37.2 Å². The number of nitrogens with one attached hydrogen (secondary N) is 1. The summed E-state index contributed by atoms with van der Waals surface area (Å²) in [5.41, 5.74) is 1.67. The third-order valence-corrected chi connectivity index (χ3v) is 5.93. The van der Waals surface area contributed by atoms with Crippen LogP contribution < -0.4 is 15.2 Å². The third kappa shape index (κ3) is 4.36. The number of methoxy groups -OCH3 is 2. The maximum atomic E-state index is 11.9. The van der Waals surface area contributed by atoms with E-state index in [4.69, 9.17) is 14.5 Å². The number of unbranched alkanes of at least 4 members (excludes halogenated alkanes) is 1. The Balaban J connectivity index is 1.76. The average molecular weight is 407 g/mol. The second kappa shape index (κ2) is 9.09. The normalized spacial score (nSPS) is 10.9. The highest BCUT2D eigenvalue weighted by molar-refractivity contribution is 7.98. The first kappa shape index (κ1) is 19.5. The van der Waals surface area contributed by atoms with E-state index in [9.17, 15) is 4.79 Å². The molecular formula is C18H22N4O3S2. The Hall–Kier alpha value is -2.26. The van der Waals surface area contributed by atoms with Gasteiger partial charge in [0.1, 0.15) is 5.01 Å². The Morgan fingerprint density at radius 2 is 2.15 bits per heavy atom. The summed E-state index contributed by atoms with van der Waals surface area (Å²) in [6.45, 7) is 2.78. The quantitative estimate of drug-likeness (QED) is 0.544. The predicted octanol–water partition coefficient (Wildman–Crippen LogP) is 3.80. The van der Waals surface area contributed by atoms with Crippen molar-refractivity contribution in [2.75, 3.05) is 14.2 Å². The Kier molecular flexibility index (Phi) is 6.57. The molecule has 27 heavy (non-hydrogen) atoms. The molecule has 0 spiro atoms. The van der Waals surface area contributed by atoms with Crippen molar-refractivity contribution in [2.24, 2.45) is 0 Å². The van der Waals surface area contributed by atoms with Gasteiger partial charge in [-0.15, -0.1) is 16.4 Å². The van der Waals surface area contributed by atoms with Gasteiger partial charge in [-0.1, -0.05) is 31.2 Å². The number of para-hydroxylation sites is 1. The van der Waals surface area contributed by atoms with E-state index in [-0.39, 0.29) is 5.69 Å². The highest BCUT2D eigenvalue weighted by Crippen LogP contribution is 2.39. The fourth-order valence-corrected chi connectivity index (χ4v) is 4.43. The lowest BCUT2D eigenvalue weighted by atomic mass is 10.2. The van der Waals surface area contributed by atoms with Gasteiger partial charge in [-0.2, -0.15) is 0 Å². The van der Waals surface area contributed by atoms with Crippen molar-refractivity contribution >= 4 is 23.1 Å². The van der Waals surface area contributed by atoms with Gasteiger partial charge in [0.05, 0.1) is 25.5 Å². The van der Waals surface area contributed by atoms with Crippen LogP contribution in [0.2, 0.25) is 0 Å². The molecule has 0 radical (unpaired) electrons. The Morgan fingerprint density at radius 1 is 1.30 bits per heavy atom. The van der Waals surface area contributed by atoms with Crippen LogP contribution in [-0.2, 0) is 12.3 Å². The number of hydrogen-bond donors (Lipinski definition) is 1. The zero-order valence-electron chi connectivity index (χ0n) is 15.5. The number of nitrogens with zero attached hydrogens (tertiary/aromatic N) is 3. The molecule has 0 saturated heterocycles. The van der Waals surface area contributed by atoms with Crippen LogP contribution in [-0.4, -0.2) is 34.0 Å². The van der Waals surface area contributed by atoms with Gasteiger partial charge < -0.3 is 9.47 Å². The van der Waals surface area contributed by atoms with E-state index < -0.39 is 0 Å². The molecule has 0 aliphatic rings. The van der Waals surface area contributed by atoms with Gasteiger partial charge in [-0.25, -0.2) is 14.9 Å². The Morgan fingerprint density at radius 3 is 2.89 bits per heavy atom. The SMILES string of the molecule is CCCCn1c(SCc2csc(-c3cccc(OC)c3OC)n2)n[nH]c1=O. The van der Waals surface area contributed by atoms with E-state index in [2.05, 4.69) is 17.1 Å². The summed E-state index contributed by atoms with van der Waals surface area (Å²) in [6.07, 6.45) is 1.98. The van der Waals surface area contributed by atoms with Gasteiger partial charge in [0.25, 0.3) is 0 Å². The van der Waals surface area contributed by atoms with Crippen LogP contribution in [0.15, 0.2) is 33.5 Å². The van der Waals surface area contributed by atoms with Gasteiger partial charge in [0.2, 0.25) is 0 Å². The molecule has 0 amide bonds. The Labute approximate surface area is 165 Å². The van der Waals surface area contributed by atoms with Crippen LogP contribution in [0.25, 0.3) is 10.6 Å². The summed E-state index contributed by atoms with van der Waals surface area (Å²) in [6, 6.07) is 5.75. The van der Waals surface area contributed by atoms with Crippen LogP contribution in [0.5, 0.6) is 11.5 Å². The minimum Gasteiger partial charge on any atom is -0.493 e. The minimum absolute atomic E-state index is 0.161. The standard InChI is InChI=1S/C18H22N4O3S2/c1-4-5-9-22-17(23)20-21-18(22)27-11-12-10-26-16(19-12)13-7-6-8-14(24-2)15(13)25-3/h6-8,10H,4-5,9,11H2,1-3H3,(H,20,23). The van der Waals surface area contributed by atoms with Gasteiger partial charge >= 0.3 is 5.69 Å². The van der Waals surface area contributed by atoms with Crippen molar-refractivity contribution < 1.29 is 9.47 Å². The van der Waals surface area contributed by atoms with E-state index in [1.165, 1.54) is 11.8 Å². The summed E-state index contributed by atoms with van der Waals surface area (Å²) in [7, 11) is 3.24. The molecule has 1 N–H and O–H groups in total. The molecule has 0 atom stereocenters. The second-order valence-corrected chi connectivity index (χ2v) is 7.59. The minimum atomic E-state index is -0.161. The van der Waals surface area contributed by atoms with Crippen molar-refractivity contribution in [1.29, 1.82) is 0 Å². The van der Waals surface area contributed by atoms with E-state index in [1.807, 2.05) is 23.6 Å².